The van der Waals surface area contributed by atoms with Crippen LogP contribution in [0.2, 0.25) is 0 Å². The fraction of sp³-hybridized carbons (Fsp3) is 0.600. The van der Waals surface area contributed by atoms with Crippen LogP contribution in [0.25, 0.3) is 0 Å². The summed E-state index contributed by atoms with van der Waals surface area (Å²) in [6.07, 6.45) is 1.69. The maximum Gasteiger partial charge on any atom is 0.142 e. The quantitative estimate of drug-likeness (QED) is 0.556. The molecule has 0 saturated carbocycles. The van der Waals surface area contributed by atoms with Crippen LogP contribution in [0.15, 0.2) is 18.3 Å². The molecule has 0 fully saturated rings. The molecule has 0 radical (unpaired) electrons. The standard InChI is InChI=1S/C15H27N5/c1-12(2)10-20(9-8-19(3)4)11-13-6-5-7-18-14(13)15(16)17/h5-7,12H,8-11H2,1-4H3,(H3,16,17). The van der Waals surface area contributed by atoms with Gasteiger partial charge in [0.05, 0.1) is 0 Å². The Kier molecular flexibility index (Phi) is 6.61. The van der Waals surface area contributed by atoms with Gasteiger partial charge < -0.3 is 10.6 Å². The molecule has 0 aliphatic heterocycles. The summed E-state index contributed by atoms with van der Waals surface area (Å²) in [6.45, 7) is 8.27. The Morgan fingerprint density at radius 2 is 2.05 bits per heavy atom. The van der Waals surface area contributed by atoms with Gasteiger partial charge in [0.15, 0.2) is 0 Å². The molecule has 1 aromatic rings. The Hall–Kier alpha value is -1.46. The molecule has 0 aliphatic carbocycles. The van der Waals surface area contributed by atoms with E-state index < -0.39 is 0 Å². The Morgan fingerprint density at radius 3 is 2.60 bits per heavy atom. The molecule has 0 spiro atoms. The van der Waals surface area contributed by atoms with Gasteiger partial charge >= 0.3 is 0 Å². The van der Waals surface area contributed by atoms with Crippen molar-refractivity contribution >= 4 is 5.84 Å². The normalized spacial score (nSPS) is 11.6. The van der Waals surface area contributed by atoms with Crippen LogP contribution >= 0.6 is 0 Å². The zero-order chi connectivity index (χ0) is 15.1. The lowest BCUT2D eigenvalue weighted by atomic mass is 10.1. The topological polar surface area (TPSA) is 69.2 Å². The summed E-state index contributed by atoms with van der Waals surface area (Å²) in [6, 6.07) is 3.91. The van der Waals surface area contributed by atoms with E-state index in [0.717, 1.165) is 31.7 Å². The minimum Gasteiger partial charge on any atom is -0.382 e. The zero-order valence-corrected chi connectivity index (χ0v) is 13.1. The number of nitrogen functional groups attached to an aromatic ring is 1. The van der Waals surface area contributed by atoms with E-state index in [0.29, 0.717) is 11.6 Å². The molecule has 0 saturated heterocycles. The van der Waals surface area contributed by atoms with Crippen LogP contribution in [0.4, 0.5) is 0 Å². The second-order valence-corrected chi connectivity index (χ2v) is 5.86. The number of nitrogens with two attached hydrogens (primary N) is 1. The maximum absolute atomic E-state index is 7.62. The van der Waals surface area contributed by atoms with Gasteiger partial charge in [-0.05, 0) is 31.6 Å². The fourth-order valence-electron chi connectivity index (χ4n) is 2.14. The summed E-state index contributed by atoms with van der Waals surface area (Å²) in [4.78, 5) is 8.80. The van der Waals surface area contributed by atoms with Crippen LogP contribution < -0.4 is 5.73 Å². The van der Waals surface area contributed by atoms with Crippen molar-refractivity contribution in [2.24, 2.45) is 11.7 Å². The van der Waals surface area contributed by atoms with Crippen molar-refractivity contribution in [2.75, 3.05) is 33.7 Å². The highest BCUT2D eigenvalue weighted by molar-refractivity contribution is 5.94. The zero-order valence-electron chi connectivity index (χ0n) is 13.1. The van der Waals surface area contributed by atoms with Crippen LogP contribution in [0, 0.1) is 11.3 Å². The molecule has 112 valence electrons. The Balaban J connectivity index is 2.80. The number of nitrogens with one attached hydrogen (secondary N) is 1. The molecule has 5 heteroatoms. The number of likely N-dealkylation sites (N-methyl/N-ethyl adjacent to an activating group) is 1. The summed E-state index contributed by atoms with van der Waals surface area (Å²) in [5.41, 5.74) is 7.24. The predicted octanol–water partition coefficient (Wildman–Crippen LogP) is 1.39. The average molecular weight is 277 g/mol. The number of rotatable bonds is 8. The predicted molar refractivity (Wildman–Crippen MR) is 83.9 cm³/mol. The minimum absolute atomic E-state index is 0.0395. The summed E-state index contributed by atoms with van der Waals surface area (Å²) < 4.78 is 0. The van der Waals surface area contributed by atoms with Crippen LogP contribution in [0.3, 0.4) is 0 Å². The highest BCUT2D eigenvalue weighted by atomic mass is 15.2. The van der Waals surface area contributed by atoms with Crippen molar-refractivity contribution in [1.82, 2.24) is 14.8 Å². The van der Waals surface area contributed by atoms with E-state index in [-0.39, 0.29) is 5.84 Å². The highest BCUT2D eigenvalue weighted by Gasteiger charge is 2.13. The third-order valence-electron chi connectivity index (χ3n) is 3.03. The highest BCUT2D eigenvalue weighted by Crippen LogP contribution is 2.10. The first-order valence-corrected chi connectivity index (χ1v) is 7.05. The monoisotopic (exact) mass is 277 g/mol. The van der Waals surface area contributed by atoms with Crippen LogP contribution in [-0.2, 0) is 6.54 Å². The number of nitrogens with zero attached hydrogens (tertiary/aromatic N) is 3. The first-order chi connectivity index (χ1) is 9.40. The van der Waals surface area contributed by atoms with Crippen molar-refractivity contribution in [2.45, 2.75) is 20.4 Å². The summed E-state index contributed by atoms with van der Waals surface area (Å²) in [5.74, 6) is 0.646. The molecule has 0 bridgehead atoms. The van der Waals surface area contributed by atoms with Gasteiger partial charge in [-0.2, -0.15) is 0 Å². The summed E-state index contributed by atoms with van der Waals surface area (Å²) in [7, 11) is 4.16. The van der Waals surface area contributed by atoms with Gasteiger partial charge in [0.2, 0.25) is 0 Å². The van der Waals surface area contributed by atoms with E-state index in [1.807, 2.05) is 12.1 Å². The molecule has 0 unspecified atom stereocenters. The van der Waals surface area contributed by atoms with Crippen molar-refractivity contribution < 1.29 is 0 Å². The second kappa shape index (κ2) is 7.97. The lowest BCUT2D eigenvalue weighted by Crippen LogP contribution is -2.34. The van der Waals surface area contributed by atoms with E-state index in [1.54, 1.807) is 6.20 Å². The molecular weight excluding hydrogens is 250 g/mol. The van der Waals surface area contributed by atoms with Crippen LogP contribution in [0.1, 0.15) is 25.1 Å². The van der Waals surface area contributed by atoms with Gasteiger partial charge in [0.25, 0.3) is 0 Å². The van der Waals surface area contributed by atoms with Crippen LogP contribution in [0.5, 0.6) is 0 Å². The van der Waals surface area contributed by atoms with E-state index in [9.17, 15) is 0 Å². The third kappa shape index (κ3) is 5.67. The number of hydrogen-bond donors (Lipinski definition) is 2. The molecule has 1 heterocycles. The summed E-state index contributed by atoms with van der Waals surface area (Å²) in [5, 5.41) is 7.62. The maximum atomic E-state index is 7.62. The molecule has 3 N–H and O–H groups in total. The Bertz CT molecular complexity index is 428. The molecule has 5 nitrogen and oxygen atoms in total. The van der Waals surface area contributed by atoms with Gasteiger partial charge in [-0.25, -0.2) is 0 Å². The molecule has 1 rings (SSSR count). The number of aromatic nitrogens is 1. The molecule has 0 aliphatic rings. The Morgan fingerprint density at radius 1 is 1.35 bits per heavy atom. The number of pyridine rings is 1. The minimum atomic E-state index is 0.0395. The van der Waals surface area contributed by atoms with Crippen molar-refractivity contribution in [1.29, 1.82) is 5.41 Å². The second-order valence-electron chi connectivity index (χ2n) is 5.86. The third-order valence-corrected chi connectivity index (χ3v) is 3.03. The van der Waals surface area contributed by atoms with Crippen molar-refractivity contribution in [3.63, 3.8) is 0 Å². The lowest BCUT2D eigenvalue weighted by Gasteiger charge is -2.26. The van der Waals surface area contributed by atoms with Gasteiger partial charge in [-0.1, -0.05) is 19.9 Å². The smallest absolute Gasteiger partial charge is 0.142 e. The van der Waals surface area contributed by atoms with Crippen LogP contribution in [-0.4, -0.2) is 54.3 Å². The van der Waals surface area contributed by atoms with Gasteiger partial charge in [0.1, 0.15) is 11.5 Å². The first-order valence-electron chi connectivity index (χ1n) is 7.05. The number of amidine groups is 1. The molecule has 0 atom stereocenters. The van der Waals surface area contributed by atoms with Gasteiger partial charge in [0, 0.05) is 32.4 Å². The molecule has 20 heavy (non-hydrogen) atoms. The van der Waals surface area contributed by atoms with E-state index in [4.69, 9.17) is 11.1 Å². The molecular formula is C15H27N5. The van der Waals surface area contributed by atoms with Gasteiger partial charge in [-0.15, -0.1) is 0 Å². The first kappa shape index (κ1) is 16.6. The SMILES string of the molecule is CC(C)CN(CCN(C)C)Cc1cccnc1C(=N)N. The fourth-order valence-corrected chi connectivity index (χ4v) is 2.14. The van der Waals surface area contributed by atoms with E-state index in [1.165, 1.54) is 0 Å². The Labute approximate surface area is 122 Å². The molecule has 0 aromatic carbocycles. The van der Waals surface area contributed by atoms with E-state index >= 15 is 0 Å². The van der Waals surface area contributed by atoms with Crippen molar-refractivity contribution in [3.8, 4) is 0 Å². The van der Waals surface area contributed by atoms with Crippen molar-refractivity contribution in [3.05, 3.63) is 29.6 Å². The average Bonchev–Trinajstić information content (AvgIpc) is 2.35. The molecule has 1 aromatic heterocycles. The number of hydrogen-bond acceptors (Lipinski definition) is 4. The largest absolute Gasteiger partial charge is 0.382 e. The van der Waals surface area contributed by atoms with Gasteiger partial charge in [-0.3, -0.25) is 15.3 Å². The lowest BCUT2D eigenvalue weighted by molar-refractivity contribution is 0.211. The molecule has 0 amide bonds. The summed E-state index contributed by atoms with van der Waals surface area (Å²) >= 11 is 0. The van der Waals surface area contributed by atoms with E-state index in [2.05, 4.69) is 42.7 Å².